The van der Waals surface area contributed by atoms with Gasteiger partial charge in [0.1, 0.15) is 5.82 Å². The Morgan fingerprint density at radius 3 is 2.40 bits per heavy atom. The lowest BCUT2D eigenvalue weighted by Crippen LogP contribution is -2.14. The summed E-state index contributed by atoms with van der Waals surface area (Å²) in [5, 5.41) is 3.02. The maximum Gasteiger partial charge on any atom is 0.255 e. The van der Waals surface area contributed by atoms with E-state index in [0.717, 1.165) is 23.2 Å². The van der Waals surface area contributed by atoms with Crippen LogP contribution in [0, 0.1) is 5.82 Å². The fourth-order valence-electron chi connectivity index (χ4n) is 3.38. The standard InChI is InChI=1S/C26H21FN2O/c27-23-11-6-9-20(16-23)17-24-18-22(13-14-28-24)26(30)29-25-12-5-4-10-21(25)15-19-7-2-1-3-8-19/h1-14,16,18H,15,17H2,(H,29,30). The van der Waals surface area contributed by atoms with Crippen LogP contribution in [0.4, 0.5) is 10.1 Å². The van der Waals surface area contributed by atoms with Crippen molar-refractivity contribution in [3.63, 3.8) is 0 Å². The quantitative estimate of drug-likeness (QED) is 0.457. The van der Waals surface area contributed by atoms with Gasteiger partial charge < -0.3 is 5.32 Å². The molecule has 0 saturated heterocycles. The van der Waals surface area contributed by atoms with Crippen molar-refractivity contribution < 1.29 is 9.18 Å². The molecule has 3 nitrogen and oxygen atoms in total. The molecule has 4 heteroatoms. The molecule has 1 aromatic heterocycles. The van der Waals surface area contributed by atoms with Gasteiger partial charge in [-0.1, -0.05) is 60.7 Å². The number of carbonyl (C=O) groups excluding carboxylic acids is 1. The molecule has 4 rings (SSSR count). The lowest BCUT2D eigenvalue weighted by Gasteiger charge is -2.12. The van der Waals surface area contributed by atoms with Gasteiger partial charge >= 0.3 is 0 Å². The lowest BCUT2D eigenvalue weighted by atomic mass is 10.0. The van der Waals surface area contributed by atoms with Crippen LogP contribution in [0.1, 0.15) is 32.7 Å². The van der Waals surface area contributed by atoms with Gasteiger partial charge in [0.05, 0.1) is 0 Å². The second-order valence-electron chi connectivity index (χ2n) is 7.12. The molecule has 4 aromatic rings. The lowest BCUT2D eigenvalue weighted by molar-refractivity contribution is 0.102. The van der Waals surface area contributed by atoms with E-state index in [2.05, 4.69) is 22.4 Å². The molecule has 0 saturated carbocycles. The molecule has 0 spiro atoms. The number of pyridine rings is 1. The number of nitrogens with one attached hydrogen (secondary N) is 1. The van der Waals surface area contributed by atoms with E-state index in [-0.39, 0.29) is 11.7 Å². The third-order valence-electron chi connectivity index (χ3n) is 4.86. The average molecular weight is 396 g/mol. The molecule has 1 N–H and O–H groups in total. The fourth-order valence-corrected chi connectivity index (χ4v) is 3.38. The number of aromatic nitrogens is 1. The molecule has 30 heavy (non-hydrogen) atoms. The van der Waals surface area contributed by atoms with Crippen molar-refractivity contribution in [1.82, 2.24) is 4.98 Å². The second kappa shape index (κ2) is 9.14. The minimum Gasteiger partial charge on any atom is -0.322 e. The first-order valence-electron chi connectivity index (χ1n) is 9.80. The van der Waals surface area contributed by atoms with Gasteiger partial charge in [-0.05, 0) is 53.4 Å². The van der Waals surface area contributed by atoms with Crippen molar-refractivity contribution in [2.75, 3.05) is 5.32 Å². The van der Waals surface area contributed by atoms with Gasteiger partial charge in [0.2, 0.25) is 0 Å². The number of benzene rings is 3. The predicted molar refractivity (Wildman–Crippen MR) is 117 cm³/mol. The zero-order valence-corrected chi connectivity index (χ0v) is 16.4. The molecular formula is C26H21FN2O. The summed E-state index contributed by atoms with van der Waals surface area (Å²) in [6, 6.07) is 27.8. The topological polar surface area (TPSA) is 42.0 Å². The number of rotatable bonds is 6. The highest BCUT2D eigenvalue weighted by atomic mass is 19.1. The SMILES string of the molecule is O=C(Nc1ccccc1Cc1ccccc1)c1ccnc(Cc2cccc(F)c2)c1. The minimum atomic E-state index is -0.281. The van der Waals surface area contributed by atoms with Crippen molar-refractivity contribution >= 4 is 11.6 Å². The van der Waals surface area contributed by atoms with Gasteiger partial charge in [0.15, 0.2) is 0 Å². The van der Waals surface area contributed by atoms with E-state index in [9.17, 15) is 9.18 Å². The Morgan fingerprint density at radius 2 is 1.57 bits per heavy atom. The highest BCUT2D eigenvalue weighted by molar-refractivity contribution is 6.04. The first-order chi connectivity index (χ1) is 14.7. The van der Waals surface area contributed by atoms with Gasteiger partial charge in [-0.15, -0.1) is 0 Å². The molecular weight excluding hydrogens is 375 g/mol. The second-order valence-corrected chi connectivity index (χ2v) is 7.12. The van der Waals surface area contributed by atoms with Crippen molar-refractivity contribution in [1.29, 1.82) is 0 Å². The number of hydrogen-bond acceptors (Lipinski definition) is 2. The number of anilines is 1. The minimum absolute atomic E-state index is 0.196. The number of carbonyl (C=O) groups is 1. The number of nitrogens with zero attached hydrogens (tertiary/aromatic N) is 1. The fraction of sp³-hybridized carbons (Fsp3) is 0.0769. The summed E-state index contributed by atoms with van der Waals surface area (Å²) in [7, 11) is 0. The number of hydrogen-bond donors (Lipinski definition) is 1. The molecule has 0 aliphatic heterocycles. The summed E-state index contributed by atoms with van der Waals surface area (Å²) in [6.07, 6.45) is 2.81. The molecule has 0 bridgehead atoms. The summed E-state index contributed by atoms with van der Waals surface area (Å²) < 4.78 is 13.4. The molecule has 0 fully saturated rings. The number of amides is 1. The third kappa shape index (κ3) is 4.97. The molecule has 1 amide bonds. The molecule has 0 atom stereocenters. The van der Waals surface area contributed by atoms with E-state index in [1.807, 2.05) is 48.5 Å². The van der Waals surface area contributed by atoms with E-state index in [0.29, 0.717) is 17.7 Å². The van der Waals surface area contributed by atoms with E-state index >= 15 is 0 Å². The highest BCUT2D eigenvalue weighted by Crippen LogP contribution is 2.20. The van der Waals surface area contributed by atoms with Crippen LogP contribution in [-0.2, 0) is 12.8 Å². The predicted octanol–water partition coefficient (Wildman–Crippen LogP) is 5.65. The Labute approximate surface area is 175 Å². The Balaban J connectivity index is 1.51. The summed E-state index contributed by atoms with van der Waals surface area (Å²) in [6.45, 7) is 0. The zero-order chi connectivity index (χ0) is 20.8. The van der Waals surface area contributed by atoms with Crippen molar-refractivity contribution in [3.8, 4) is 0 Å². The molecule has 0 aliphatic carbocycles. The van der Waals surface area contributed by atoms with E-state index in [1.165, 1.54) is 17.7 Å². The average Bonchev–Trinajstić information content (AvgIpc) is 2.76. The summed E-state index contributed by atoms with van der Waals surface area (Å²) in [5.74, 6) is -0.477. The molecule has 1 heterocycles. The summed E-state index contributed by atoms with van der Waals surface area (Å²) >= 11 is 0. The van der Waals surface area contributed by atoms with Gasteiger partial charge in [0.25, 0.3) is 5.91 Å². The van der Waals surface area contributed by atoms with Gasteiger partial charge in [-0.25, -0.2) is 4.39 Å². The molecule has 3 aromatic carbocycles. The van der Waals surface area contributed by atoms with Gasteiger partial charge in [0, 0.05) is 29.6 Å². The van der Waals surface area contributed by atoms with Crippen molar-refractivity contribution in [2.24, 2.45) is 0 Å². The Morgan fingerprint density at radius 1 is 0.800 bits per heavy atom. The van der Waals surface area contributed by atoms with Gasteiger partial charge in [-0.3, -0.25) is 9.78 Å². The molecule has 0 radical (unpaired) electrons. The van der Waals surface area contributed by atoms with E-state index in [1.54, 1.807) is 24.4 Å². The van der Waals surface area contributed by atoms with Crippen LogP contribution in [0.3, 0.4) is 0 Å². The molecule has 0 unspecified atom stereocenters. The monoisotopic (exact) mass is 396 g/mol. The highest BCUT2D eigenvalue weighted by Gasteiger charge is 2.11. The van der Waals surface area contributed by atoms with Gasteiger partial charge in [-0.2, -0.15) is 0 Å². The normalized spacial score (nSPS) is 10.6. The van der Waals surface area contributed by atoms with Crippen LogP contribution in [0.5, 0.6) is 0 Å². The van der Waals surface area contributed by atoms with Crippen LogP contribution in [0.15, 0.2) is 97.2 Å². The third-order valence-corrected chi connectivity index (χ3v) is 4.86. The van der Waals surface area contributed by atoms with Crippen LogP contribution < -0.4 is 5.32 Å². The Hall–Kier alpha value is -3.79. The summed E-state index contributed by atoms with van der Waals surface area (Å²) in [4.78, 5) is 17.2. The summed E-state index contributed by atoms with van der Waals surface area (Å²) in [5.41, 5.74) is 5.06. The van der Waals surface area contributed by atoms with Crippen molar-refractivity contribution in [3.05, 3.63) is 131 Å². The maximum atomic E-state index is 13.4. The largest absolute Gasteiger partial charge is 0.322 e. The molecule has 0 aliphatic rings. The first-order valence-corrected chi connectivity index (χ1v) is 9.80. The number of halogens is 1. The van der Waals surface area contributed by atoms with Crippen LogP contribution in [0.25, 0.3) is 0 Å². The van der Waals surface area contributed by atoms with Crippen molar-refractivity contribution in [2.45, 2.75) is 12.8 Å². The van der Waals surface area contributed by atoms with E-state index in [4.69, 9.17) is 0 Å². The number of para-hydroxylation sites is 1. The smallest absolute Gasteiger partial charge is 0.255 e. The first kappa shape index (κ1) is 19.5. The van der Waals surface area contributed by atoms with Crippen LogP contribution >= 0.6 is 0 Å². The molecule has 148 valence electrons. The van der Waals surface area contributed by atoms with Crippen LogP contribution in [0.2, 0.25) is 0 Å². The van der Waals surface area contributed by atoms with E-state index < -0.39 is 0 Å². The zero-order valence-electron chi connectivity index (χ0n) is 16.4. The van der Waals surface area contributed by atoms with Crippen LogP contribution in [-0.4, -0.2) is 10.9 Å². The maximum absolute atomic E-state index is 13.4. The Bertz CT molecular complexity index is 1160. The Kier molecular flexibility index (Phi) is 5.95.